The number of hydrogen-bond donors (Lipinski definition) is 2. The van der Waals surface area contributed by atoms with Crippen molar-refractivity contribution in [2.45, 2.75) is 13.1 Å². The number of phenols is 1. The lowest BCUT2D eigenvalue weighted by molar-refractivity contribution is 0.395. The third kappa shape index (κ3) is 5.35. The molecule has 0 bridgehead atoms. The molecule has 0 fully saturated rings. The van der Waals surface area contributed by atoms with Gasteiger partial charge in [-0.25, -0.2) is 4.39 Å². The number of hydrogen-bond acceptors (Lipinski definition) is 2. The van der Waals surface area contributed by atoms with Crippen molar-refractivity contribution >= 4 is 46.2 Å². The van der Waals surface area contributed by atoms with Crippen LogP contribution in [0.2, 0.25) is 10.0 Å². The number of benzene rings is 3. The Kier molecular flexibility index (Phi) is 6.73. The number of nitrogens with one attached hydrogen (secondary N) is 1. The zero-order chi connectivity index (χ0) is 20.1. The minimum atomic E-state index is -0.306. The molecule has 0 radical (unpaired) electrons. The van der Waals surface area contributed by atoms with Crippen LogP contribution in [0.5, 0.6) is 5.75 Å². The number of aromatic hydroxyl groups is 1. The van der Waals surface area contributed by atoms with Crippen LogP contribution >= 0.6 is 35.4 Å². The highest BCUT2D eigenvalue weighted by Crippen LogP contribution is 2.32. The summed E-state index contributed by atoms with van der Waals surface area (Å²) in [6.45, 7) is 0.671. The number of phenolic OH excluding ortho intramolecular Hbond substituents is 1. The fraction of sp³-hybridized carbons (Fsp3) is 0.0952. The van der Waals surface area contributed by atoms with Crippen molar-refractivity contribution < 1.29 is 9.50 Å². The molecule has 3 rings (SSSR count). The largest absolute Gasteiger partial charge is 0.506 e. The van der Waals surface area contributed by atoms with E-state index >= 15 is 0 Å². The maximum Gasteiger partial charge on any atom is 0.174 e. The lowest BCUT2D eigenvalue weighted by atomic mass is 10.1. The number of nitrogens with zero attached hydrogens (tertiary/aromatic N) is 1. The summed E-state index contributed by atoms with van der Waals surface area (Å²) in [5.41, 5.74) is 2.24. The fourth-order valence-corrected chi connectivity index (χ4v) is 3.46. The highest BCUT2D eigenvalue weighted by atomic mass is 35.5. The van der Waals surface area contributed by atoms with Crippen molar-refractivity contribution in [3.05, 3.63) is 93.7 Å². The summed E-state index contributed by atoms with van der Waals surface area (Å²) >= 11 is 17.7. The van der Waals surface area contributed by atoms with E-state index in [9.17, 15) is 9.50 Å². The van der Waals surface area contributed by atoms with E-state index in [1.54, 1.807) is 18.2 Å². The molecular formula is C21H17Cl2FN2OS. The Hall–Kier alpha value is -2.34. The lowest BCUT2D eigenvalue weighted by Crippen LogP contribution is -2.33. The third-order valence-corrected chi connectivity index (χ3v) is 4.93. The first-order valence-corrected chi connectivity index (χ1v) is 9.61. The van der Waals surface area contributed by atoms with E-state index in [0.29, 0.717) is 22.2 Å². The van der Waals surface area contributed by atoms with Gasteiger partial charge in [0.05, 0.1) is 5.02 Å². The first kappa shape index (κ1) is 20.4. The van der Waals surface area contributed by atoms with Gasteiger partial charge in [-0.2, -0.15) is 0 Å². The maximum absolute atomic E-state index is 13.2. The van der Waals surface area contributed by atoms with Crippen molar-refractivity contribution in [2.75, 3.05) is 5.32 Å². The molecule has 144 valence electrons. The molecule has 0 saturated carbocycles. The molecule has 3 aromatic carbocycles. The van der Waals surface area contributed by atoms with Crippen LogP contribution in [0, 0.1) is 5.82 Å². The highest BCUT2D eigenvalue weighted by molar-refractivity contribution is 7.80. The molecule has 0 saturated heterocycles. The van der Waals surface area contributed by atoms with Crippen LogP contribution in [-0.4, -0.2) is 15.1 Å². The molecule has 0 aliphatic carbocycles. The Morgan fingerprint density at radius 3 is 2.36 bits per heavy atom. The van der Waals surface area contributed by atoms with Gasteiger partial charge in [0.25, 0.3) is 0 Å². The van der Waals surface area contributed by atoms with E-state index in [4.69, 9.17) is 35.4 Å². The summed E-state index contributed by atoms with van der Waals surface area (Å²) in [5, 5.41) is 14.5. The minimum Gasteiger partial charge on any atom is -0.506 e. The van der Waals surface area contributed by atoms with Crippen LogP contribution in [0.3, 0.4) is 0 Å². The van der Waals surface area contributed by atoms with Gasteiger partial charge in [-0.3, -0.25) is 0 Å². The van der Waals surface area contributed by atoms with E-state index in [1.165, 1.54) is 18.2 Å². The molecule has 3 aromatic rings. The van der Waals surface area contributed by atoms with E-state index in [2.05, 4.69) is 5.32 Å². The summed E-state index contributed by atoms with van der Waals surface area (Å²) in [5.74, 6) is -0.350. The molecule has 0 spiro atoms. The van der Waals surface area contributed by atoms with Crippen molar-refractivity contribution in [1.82, 2.24) is 4.90 Å². The Morgan fingerprint density at radius 2 is 1.68 bits per heavy atom. The van der Waals surface area contributed by atoms with Gasteiger partial charge in [0.2, 0.25) is 0 Å². The van der Waals surface area contributed by atoms with Crippen LogP contribution in [0.1, 0.15) is 11.1 Å². The molecule has 0 amide bonds. The minimum absolute atomic E-state index is 0.0438. The van der Waals surface area contributed by atoms with E-state index in [1.807, 2.05) is 35.2 Å². The molecule has 0 heterocycles. The topological polar surface area (TPSA) is 35.5 Å². The molecular weight excluding hydrogens is 418 g/mol. The summed E-state index contributed by atoms with van der Waals surface area (Å²) < 4.78 is 13.2. The molecule has 0 aromatic heterocycles. The second-order valence-electron chi connectivity index (χ2n) is 6.17. The monoisotopic (exact) mass is 434 g/mol. The van der Waals surface area contributed by atoms with Crippen molar-refractivity contribution in [1.29, 1.82) is 0 Å². The van der Waals surface area contributed by atoms with Crippen LogP contribution in [0.25, 0.3) is 0 Å². The second-order valence-corrected chi connectivity index (χ2v) is 7.40. The molecule has 3 nitrogen and oxygen atoms in total. The summed E-state index contributed by atoms with van der Waals surface area (Å²) in [6.07, 6.45) is 0. The van der Waals surface area contributed by atoms with Gasteiger partial charge in [0.1, 0.15) is 11.6 Å². The normalized spacial score (nSPS) is 10.5. The Bertz CT molecular complexity index is 968. The van der Waals surface area contributed by atoms with Gasteiger partial charge < -0.3 is 15.3 Å². The first-order valence-electron chi connectivity index (χ1n) is 8.44. The Balaban J connectivity index is 1.87. The van der Waals surface area contributed by atoms with Gasteiger partial charge >= 0.3 is 0 Å². The highest BCUT2D eigenvalue weighted by Gasteiger charge is 2.16. The number of rotatable bonds is 5. The molecule has 7 heteroatoms. The van der Waals surface area contributed by atoms with Gasteiger partial charge in [0, 0.05) is 29.4 Å². The Labute approximate surface area is 178 Å². The van der Waals surface area contributed by atoms with E-state index in [0.717, 1.165) is 11.3 Å². The number of para-hydroxylation sites is 1. The van der Waals surface area contributed by atoms with Crippen LogP contribution in [0.4, 0.5) is 10.1 Å². The second kappa shape index (κ2) is 9.24. The number of halogens is 3. The molecule has 28 heavy (non-hydrogen) atoms. The summed E-state index contributed by atoms with van der Waals surface area (Å²) in [7, 11) is 0. The number of thiocarbonyl (C=S) groups is 1. The zero-order valence-electron chi connectivity index (χ0n) is 14.7. The summed E-state index contributed by atoms with van der Waals surface area (Å²) in [6, 6.07) is 18.8. The quantitative estimate of drug-likeness (QED) is 0.466. The molecule has 0 atom stereocenters. The standard InChI is InChI=1S/C21H17Cl2FN2OS/c22-16-10-15(20(27)19(23)11-16)13-26(12-14-6-8-17(24)9-7-14)21(28)25-18-4-2-1-3-5-18/h1-11,27H,12-13H2,(H,25,28). The fourth-order valence-electron chi connectivity index (χ4n) is 2.68. The molecule has 0 aliphatic heterocycles. The molecule has 0 aliphatic rings. The van der Waals surface area contributed by atoms with Crippen LogP contribution in [-0.2, 0) is 13.1 Å². The Morgan fingerprint density at radius 1 is 1.00 bits per heavy atom. The summed E-state index contributed by atoms with van der Waals surface area (Å²) in [4.78, 5) is 1.84. The van der Waals surface area contributed by atoms with Crippen molar-refractivity contribution in [3.8, 4) is 5.75 Å². The maximum atomic E-state index is 13.2. The predicted molar refractivity (Wildman–Crippen MR) is 116 cm³/mol. The smallest absolute Gasteiger partial charge is 0.174 e. The molecule has 2 N–H and O–H groups in total. The third-order valence-electron chi connectivity index (χ3n) is 4.07. The predicted octanol–water partition coefficient (Wildman–Crippen LogP) is 6.24. The SMILES string of the molecule is Oc1c(Cl)cc(Cl)cc1CN(Cc1ccc(F)cc1)C(=S)Nc1ccccc1. The number of anilines is 1. The van der Waals surface area contributed by atoms with Crippen LogP contribution in [0.15, 0.2) is 66.7 Å². The first-order chi connectivity index (χ1) is 13.4. The van der Waals surface area contributed by atoms with Gasteiger partial charge in [-0.05, 0) is 54.2 Å². The average Bonchev–Trinajstić information content (AvgIpc) is 2.67. The van der Waals surface area contributed by atoms with E-state index < -0.39 is 0 Å². The average molecular weight is 435 g/mol. The van der Waals surface area contributed by atoms with Gasteiger partial charge in [0.15, 0.2) is 5.11 Å². The molecule has 0 unspecified atom stereocenters. The van der Waals surface area contributed by atoms with E-state index in [-0.39, 0.29) is 23.1 Å². The van der Waals surface area contributed by atoms with Crippen molar-refractivity contribution in [3.63, 3.8) is 0 Å². The lowest BCUT2D eigenvalue weighted by Gasteiger charge is -2.27. The zero-order valence-corrected chi connectivity index (χ0v) is 17.0. The van der Waals surface area contributed by atoms with Gasteiger partial charge in [-0.1, -0.05) is 53.5 Å². The van der Waals surface area contributed by atoms with Crippen molar-refractivity contribution in [2.24, 2.45) is 0 Å². The van der Waals surface area contributed by atoms with Gasteiger partial charge in [-0.15, -0.1) is 0 Å². The van der Waals surface area contributed by atoms with Crippen LogP contribution < -0.4 is 5.32 Å².